The van der Waals surface area contributed by atoms with Crippen molar-refractivity contribution in [3.05, 3.63) is 0 Å². The minimum Gasteiger partial charge on any atom is -0.317 e. The van der Waals surface area contributed by atoms with Gasteiger partial charge in [-0.2, -0.15) is 0 Å². The van der Waals surface area contributed by atoms with Crippen molar-refractivity contribution in [2.24, 2.45) is 0 Å². The summed E-state index contributed by atoms with van der Waals surface area (Å²) in [6.07, 6.45) is 2.37. The van der Waals surface area contributed by atoms with E-state index in [1.807, 2.05) is 20.8 Å². The minimum absolute atomic E-state index is 0.0918. The summed E-state index contributed by atoms with van der Waals surface area (Å²) in [7, 11) is -3.08. The summed E-state index contributed by atoms with van der Waals surface area (Å²) in [4.78, 5) is 0. The summed E-state index contributed by atoms with van der Waals surface area (Å²) < 4.78 is 25.9. The molecule has 0 aliphatic carbocycles. The first-order valence-electron chi connectivity index (χ1n) is 5.76. The van der Waals surface area contributed by atoms with Crippen molar-refractivity contribution in [1.29, 1.82) is 0 Å². The highest BCUT2D eigenvalue weighted by Crippen LogP contribution is 2.00. The molecule has 4 nitrogen and oxygen atoms in total. The second kappa shape index (κ2) is 8.07. The minimum atomic E-state index is -3.08. The van der Waals surface area contributed by atoms with Gasteiger partial charge in [0.25, 0.3) is 0 Å². The molecule has 0 aromatic carbocycles. The molecule has 0 aliphatic heterocycles. The van der Waals surface area contributed by atoms with E-state index >= 15 is 0 Å². The smallest absolute Gasteiger partial charge is 0.211 e. The zero-order chi connectivity index (χ0) is 11.7. The average Bonchev–Trinajstić information content (AvgIpc) is 2.21. The Morgan fingerprint density at radius 1 is 1.13 bits per heavy atom. The maximum absolute atomic E-state index is 11.6. The first-order chi connectivity index (χ1) is 7.05. The molecule has 0 aliphatic rings. The van der Waals surface area contributed by atoms with E-state index in [9.17, 15) is 8.42 Å². The highest BCUT2D eigenvalue weighted by Gasteiger charge is 2.14. The van der Waals surface area contributed by atoms with Crippen LogP contribution < -0.4 is 10.0 Å². The summed E-state index contributed by atoms with van der Waals surface area (Å²) in [5.41, 5.74) is 0. The Balaban J connectivity index is 3.86. The Hall–Kier alpha value is -0.130. The zero-order valence-corrected chi connectivity index (χ0v) is 10.9. The van der Waals surface area contributed by atoms with Crippen LogP contribution in [0.4, 0.5) is 0 Å². The van der Waals surface area contributed by atoms with E-state index in [2.05, 4.69) is 10.0 Å². The van der Waals surface area contributed by atoms with E-state index in [0.29, 0.717) is 6.42 Å². The third kappa shape index (κ3) is 7.76. The average molecular weight is 236 g/mol. The first kappa shape index (κ1) is 14.9. The lowest BCUT2D eigenvalue weighted by Crippen LogP contribution is -2.36. The van der Waals surface area contributed by atoms with Crippen LogP contribution in [0.1, 0.15) is 40.0 Å². The lowest BCUT2D eigenvalue weighted by Gasteiger charge is -2.14. The molecule has 0 aromatic heterocycles. The molecule has 0 heterocycles. The first-order valence-corrected chi connectivity index (χ1v) is 7.41. The molecule has 0 unspecified atom stereocenters. The summed E-state index contributed by atoms with van der Waals surface area (Å²) in [5, 5.41) is 3.11. The predicted molar refractivity (Wildman–Crippen MR) is 64.5 cm³/mol. The lowest BCUT2D eigenvalue weighted by molar-refractivity contribution is 0.527. The fraction of sp³-hybridized carbons (Fsp3) is 1.00. The Kier molecular flexibility index (Phi) is 8.00. The lowest BCUT2D eigenvalue weighted by atomic mass is 10.2. The van der Waals surface area contributed by atoms with Gasteiger partial charge in [0.05, 0.1) is 5.75 Å². The summed E-state index contributed by atoms with van der Waals surface area (Å²) in [5.74, 6) is 0.219. The molecule has 0 radical (unpaired) electrons. The van der Waals surface area contributed by atoms with Gasteiger partial charge in [0.2, 0.25) is 10.0 Å². The van der Waals surface area contributed by atoms with Crippen molar-refractivity contribution >= 4 is 10.0 Å². The molecular weight excluding hydrogens is 212 g/mol. The zero-order valence-electron chi connectivity index (χ0n) is 10.0. The topological polar surface area (TPSA) is 58.2 Å². The van der Waals surface area contributed by atoms with Gasteiger partial charge in [-0.1, -0.05) is 20.8 Å². The maximum Gasteiger partial charge on any atom is 0.211 e. The molecule has 0 saturated heterocycles. The standard InChI is InChI=1S/C10H24N2O2S/c1-4-10(5-2)12-15(13,14)9-7-8-11-6-3/h10-12H,4-9H2,1-3H3. The quantitative estimate of drug-likeness (QED) is 0.589. The second-order valence-electron chi connectivity index (χ2n) is 3.66. The van der Waals surface area contributed by atoms with Gasteiger partial charge in [-0.3, -0.25) is 0 Å². The Morgan fingerprint density at radius 3 is 2.20 bits per heavy atom. The molecule has 0 amide bonds. The molecule has 15 heavy (non-hydrogen) atoms. The molecule has 2 N–H and O–H groups in total. The third-order valence-electron chi connectivity index (χ3n) is 2.35. The number of rotatable bonds is 9. The maximum atomic E-state index is 11.6. The molecule has 0 fully saturated rings. The molecule has 92 valence electrons. The molecule has 0 bridgehead atoms. The number of hydrogen-bond acceptors (Lipinski definition) is 3. The largest absolute Gasteiger partial charge is 0.317 e. The van der Waals surface area contributed by atoms with Gasteiger partial charge in [0.15, 0.2) is 0 Å². The van der Waals surface area contributed by atoms with E-state index in [1.54, 1.807) is 0 Å². The second-order valence-corrected chi connectivity index (χ2v) is 5.53. The van der Waals surface area contributed by atoms with Crippen LogP contribution >= 0.6 is 0 Å². The molecule has 0 aromatic rings. The molecule has 0 atom stereocenters. The van der Waals surface area contributed by atoms with Crippen LogP contribution in [0.3, 0.4) is 0 Å². The Morgan fingerprint density at radius 2 is 1.73 bits per heavy atom. The van der Waals surface area contributed by atoms with Gasteiger partial charge in [0.1, 0.15) is 0 Å². The SMILES string of the molecule is CCNCCCS(=O)(=O)NC(CC)CC. The van der Waals surface area contributed by atoms with Crippen LogP contribution in [0.15, 0.2) is 0 Å². The molecule has 0 rings (SSSR count). The van der Waals surface area contributed by atoms with E-state index < -0.39 is 10.0 Å². The van der Waals surface area contributed by atoms with Crippen molar-refractivity contribution in [2.75, 3.05) is 18.8 Å². The fourth-order valence-corrected chi connectivity index (χ4v) is 2.82. The predicted octanol–water partition coefficient (Wildman–Crippen LogP) is 1.09. The summed E-state index contributed by atoms with van der Waals surface area (Å²) >= 11 is 0. The van der Waals surface area contributed by atoms with Crippen LogP contribution in [-0.4, -0.2) is 33.3 Å². The molecule has 0 saturated carbocycles. The van der Waals surface area contributed by atoms with Crippen LogP contribution in [0.25, 0.3) is 0 Å². The highest BCUT2D eigenvalue weighted by molar-refractivity contribution is 7.89. The van der Waals surface area contributed by atoms with E-state index in [4.69, 9.17) is 0 Å². The van der Waals surface area contributed by atoms with Gasteiger partial charge >= 0.3 is 0 Å². The van der Waals surface area contributed by atoms with Gasteiger partial charge in [-0.25, -0.2) is 13.1 Å². The van der Waals surface area contributed by atoms with Gasteiger partial charge in [-0.05, 0) is 32.4 Å². The highest BCUT2D eigenvalue weighted by atomic mass is 32.2. The molecule has 5 heteroatoms. The number of nitrogens with one attached hydrogen (secondary N) is 2. The van der Waals surface area contributed by atoms with Gasteiger partial charge in [0, 0.05) is 6.04 Å². The Labute approximate surface area is 93.9 Å². The van der Waals surface area contributed by atoms with Crippen LogP contribution in [0.5, 0.6) is 0 Å². The van der Waals surface area contributed by atoms with E-state index in [-0.39, 0.29) is 11.8 Å². The third-order valence-corrected chi connectivity index (χ3v) is 3.87. The summed E-state index contributed by atoms with van der Waals surface area (Å²) in [6, 6.07) is 0.0918. The van der Waals surface area contributed by atoms with Crippen molar-refractivity contribution in [3.63, 3.8) is 0 Å². The molecular formula is C10H24N2O2S. The van der Waals surface area contributed by atoms with Crippen molar-refractivity contribution in [1.82, 2.24) is 10.0 Å². The van der Waals surface area contributed by atoms with Crippen molar-refractivity contribution < 1.29 is 8.42 Å². The fourth-order valence-electron chi connectivity index (χ4n) is 1.33. The normalized spacial score (nSPS) is 12.3. The van der Waals surface area contributed by atoms with Gasteiger partial charge < -0.3 is 5.32 Å². The molecule has 0 spiro atoms. The number of hydrogen-bond donors (Lipinski definition) is 2. The van der Waals surface area contributed by atoms with E-state index in [0.717, 1.165) is 25.9 Å². The van der Waals surface area contributed by atoms with Crippen LogP contribution in [-0.2, 0) is 10.0 Å². The number of sulfonamides is 1. The Bertz CT molecular complexity index is 236. The summed E-state index contributed by atoms with van der Waals surface area (Å²) in [6.45, 7) is 7.65. The van der Waals surface area contributed by atoms with Crippen LogP contribution in [0.2, 0.25) is 0 Å². The van der Waals surface area contributed by atoms with Crippen molar-refractivity contribution in [3.8, 4) is 0 Å². The van der Waals surface area contributed by atoms with E-state index in [1.165, 1.54) is 0 Å². The monoisotopic (exact) mass is 236 g/mol. The van der Waals surface area contributed by atoms with Gasteiger partial charge in [-0.15, -0.1) is 0 Å². The van der Waals surface area contributed by atoms with Crippen LogP contribution in [0, 0.1) is 0 Å². The van der Waals surface area contributed by atoms with Crippen molar-refractivity contribution in [2.45, 2.75) is 46.1 Å².